The molecule has 0 saturated heterocycles. The monoisotopic (exact) mass is 457 g/mol. The van der Waals surface area contributed by atoms with Crippen LogP contribution in [0, 0.1) is 0 Å². The van der Waals surface area contributed by atoms with Gasteiger partial charge in [-0.25, -0.2) is 9.67 Å². The van der Waals surface area contributed by atoms with Crippen molar-refractivity contribution in [3.63, 3.8) is 0 Å². The fraction of sp³-hybridized carbons (Fsp3) is 0.200. The zero-order valence-corrected chi connectivity index (χ0v) is 18.8. The Kier molecular flexibility index (Phi) is 6.10. The Morgan fingerprint density at radius 1 is 0.939 bits per heavy atom. The molecule has 0 bridgehead atoms. The predicted octanol–water partition coefficient (Wildman–Crippen LogP) is 3.56. The summed E-state index contributed by atoms with van der Waals surface area (Å²) in [5.41, 5.74) is 3.21. The number of benzene rings is 2. The van der Waals surface area contributed by atoms with E-state index >= 15 is 0 Å². The maximum absolute atomic E-state index is 12.8. The lowest BCUT2D eigenvalue weighted by Crippen LogP contribution is -2.29. The van der Waals surface area contributed by atoms with Gasteiger partial charge in [-0.3, -0.25) is 19.8 Å². The van der Waals surface area contributed by atoms with E-state index in [9.17, 15) is 9.59 Å². The summed E-state index contributed by atoms with van der Waals surface area (Å²) in [7, 11) is 0. The van der Waals surface area contributed by atoms with Crippen LogP contribution in [0.3, 0.4) is 0 Å². The molecule has 166 valence electrons. The zero-order chi connectivity index (χ0) is 22.6. The van der Waals surface area contributed by atoms with Gasteiger partial charge in [0.1, 0.15) is 5.69 Å². The van der Waals surface area contributed by atoms with Crippen LogP contribution in [0.25, 0.3) is 0 Å². The fourth-order valence-corrected chi connectivity index (χ4v) is 4.92. The standard InChI is InChI=1S/C25H23N5O2S/c31-23-12-11-21(28-30(23)16-19-9-5-2-6-10-19)24(32)27-25-26-20-13-14-29(17-22(20)33-25)15-18-7-3-1-4-8-18/h1-12H,13-17H2,(H,26,27,32). The molecule has 8 heteroatoms. The lowest BCUT2D eigenvalue weighted by molar-refractivity contribution is 0.102. The number of carbonyl (C=O) groups is 1. The van der Waals surface area contributed by atoms with E-state index in [2.05, 4.69) is 44.6 Å². The second kappa shape index (κ2) is 9.48. The van der Waals surface area contributed by atoms with E-state index in [0.717, 1.165) is 37.3 Å². The largest absolute Gasteiger partial charge is 0.296 e. The van der Waals surface area contributed by atoms with Gasteiger partial charge < -0.3 is 0 Å². The molecule has 0 aliphatic carbocycles. The molecule has 3 heterocycles. The quantitative estimate of drug-likeness (QED) is 0.479. The lowest BCUT2D eigenvalue weighted by Gasteiger charge is -2.25. The molecule has 0 fully saturated rings. The van der Waals surface area contributed by atoms with Crippen molar-refractivity contribution in [3.05, 3.63) is 111 Å². The lowest BCUT2D eigenvalue weighted by atomic mass is 10.1. The van der Waals surface area contributed by atoms with Gasteiger partial charge in [0.25, 0.3) is 11.5 Å². The minimum atomic E-state index is -0.371. The number of amides is 1. The fourth-order valence-electron chi connectivity index (χ4n) is 3.88. The normalized spacial score (nSPS) is 13.5. The molecule has 5 rings (SSSR count). The summed E-state index contributed by atoms with van der Waals surface area (Å²) >= 11 is 1.50. The molecular weight excluding hydrogens is 434 g/mol. The first-order valence-corrected chi connectivity index (χ1v) is 11.6. The molecule has 1 N–H and O–H groups in total. The van der Waals surface area contributed by atoms with Gasteiger partial charge in [-0.2, -0.15) is 5.10 Å². The summed E-state index contributed by atoms with van der Waals surface area (Å²) in [4.78, 5) is 33.2. The maximum atomic E-state index is 12.8. The van der Waals surface area contributed by atoms with Crippen LogP contribution in [-0.2, 0) is 26.1 Å². The molecule has 4 aromatic rings. The van der Waals surface area contributed by atoms with Crippen molar-refractivity contribution in [3.8, 4) is 0 Å². The number of nitrogens with zero attached hydrogens (tertiary/aromatic N) is 4. The molecule has 0 spiro atoms. The molecule has 0 atom stereocenters. The number of carbonyl (C=O) groups excluding carboxylic acids is 1. The van der Waals surface area contributed by atoms with Gasteiger partial charge in [0.2, 0.25) is 0 Å². The smallest absolute Gasteiger partial charge is 0.277 e. The van der Waals surface area contributed by atoms with Gasteiger partial charge in [-0.05, 0) is 17.2 Å². The Morgan fingerprint density at radius 2 is 1.64 bits per heavy atom. The SMILES string of the molecule is O=C(Nc1nc2c(s1)CN(Cc1ccccc1)CC2)c1ccc(=O)n(Cc2ccccc2)n1. The molecule has 2 aromatic heterocycles. The van der Waals surface area contributed by atoms with E-state index in [4.69, 9.17) is 0 Å². The number of nitrogens with one attached hydrogen (secondary N) is 1. The minimum Gasteiger partial charge on any atom is -0.296 e. The van der Waals surface area contributed by atoms with Crippen LogP contribution in [0.15, 0.2) is 77.6 Å². The number of fused-ring (bicyclic) bond motifs is 1. The highest BCUT2D eigenvalue weighted by Crippen LogP contribution is 2.29. The first-order chi connectivity index (χ1) is 16.1. The van der Waals surface area contributed by atoms with Gasteiger partial charge >= 0.3 is 0 Å². The summed E-state index contributed by atoms with van der Waals surface area (Å²) in [6.07, 6.45) is 0.856. The third-order valence-electron chi connectivity index (χ3n) is 5.55. The second-order valence-corrected chi connectivity index (χ2v) is 9.07. The van der Waals surface area contributed by atoms with Crippen LogP contribution in [0.1, 0.15) is 32.2 Å². The van der Waals surface area contributed by atoms with E-state index in [1.807, 2.05) is 36.4 Å². The average Bonchev–Trinajstić information content (AvgIpc) is 3.23. The third-order valence-corrected chi connectivity index (χ3v) is 6.55. The van der Waals surface area contributed by atoms with Crippen LogP contribution in [0.4, 0.5) is 5.13 Å². The van der Waals surface area contributed by atoms with Crippen LogP contribution < -0.4 is 10.9 Å². The summed E-state index contributed by atoms with van der Waals surface area (Å²) in [5, 5.41) is 7.69. The molecular formula is C25H23N5O2S. The topological polar surface area (TPSA) is 80.1 Å². The highest BCUT2D eigenvalue weighted by Gasteiger charge is 2.22. The Labute approximate surface area is 195 Å². The van der Waals surface area contributed by atoms with Crippen LogP contribution >= 0.6 is 11.3 Å². The van der Waals surface area contributed by atoms with Crippen molar-refractivity contribution in [2.45, 2.75) is 26.1 Å². The molecule has 0 radical (unpaired) electrons. The molecule has 1 aliphatic rings. The number of anilines is 1. The van der Waals surface area contributed by atoms with Gasteiger partial charge in [0, 0.05) is 37.0 Å². The molecule has 33 heavy (non-hydrogen) atoms. The molecule has 1 aliphatic heterocycles. The van der Waals surface area contributed by atoms with Crippen molar-refractivity contribution < 1.29 is 4.79 Å². The average molecular weight is 458 g/mol. The summed E-state index contributed by atoms with van der Waals surface area (Å²) < 4.78 is 1.30. The summed E-state index contributed by atoms with van der Waals surface area (Å²) in [6, 6.07) is 22.8. The molecule has 0 saturated carbocycles. The Bertz CT molecular complexity index is 1320. The maximum Gasteiger partial charge on any atom is 0.277 e. The van der Waals surface area contributed by atoms with Crippen molar-refractivity contribution in [2.75, 3.05) is 11.9 Å². The first-order valence-electron chi connectivity index (χ1n) is 10.8. The molecule has 1 amide bonds. The molecule has 7 nitrogen and oxygen atoms in total. The highest BCUT2D eigenvalue weighted by atomic mass is 32.1. The van der Waals surface area contributed by atoms with Crippen molar-refractivity contribution in [1.82, 2.24) is 19.7 Å². The minimum absolute atomic E-state index is 0.185. The Hall–Kier alpha value is -3.62. The third kappa shape index (κ3) is 5.08. The number of aromatic nitrogens is 3. The van der Waals surface area contributed by atoms with E-state index in [1.54, 1.807) is 0 Å². The van der Waals surface area contributed by atoms with E-state index in [1.165, 1.54) is 38.6 Å². The summed E-state index contributed by atoms with van der Waals surface area (Å²) in [5.74, 6) is -0.371. The summed E-state index contributed by atoms with van der Waals surface area (Å²) in [6.45, 7) is 2.96. The number of thiazole rings is 1. The highest BCUT2D eigenvalue weighted by molar-refractivity contribution is 7.15. The van der Waals surface area contributed by atoms with Gasteiger partial charge in [-0.15, -0.1) is 11.3 Å². The molecule has 2 aromatic carbocycles. The van der Waals surface area contributed by atoms with Crippen molar-refractivity contribution >= 4 is 22.4 Å². The number of hydrogen-bond donors (Lipinski definition) is 1. The Balaban J connectivity index is 1.27. The first kappa shape index (κ1) is 21.2. The van der Waals surface area contributed by atoms with Crippen LogP contribution in [0.5, 0.6) is 0 Å². The van der Waals surface area contributed by atoms with Gasteiger partial charge in [0.05, 0.1) is 12.2 Å². The zero-order valence-electron chi connectivity index (χ0n) is 18.0. The Morgan fingerprint density at radius 3 is 2.36 bits per heavy atom. The van der Waals surface area contributed by atoms with E-state index in [-0.39, 0.29) is 17.2 Å². The van der Waals surface area contributed by atoms with Crippen LogP contribution in [0.2, 0.25) is 0 Å². The van der Waals surface area contributed by atoms with E-state index in [0.29, 0.717) is 11.7 Å². The number of rotatable bonds is 6. The predicted molar refractivity (Wildman–Crippen MR) is 128 cm³/mol. The van der Waals surface area contributed by atoms with Crippen LogP contribution in [-0.4, -0.2) is 32.1 Å². The molecule has 0 unspecified atom stereocenters. The van der Waals surface area contributed by atoms with Gasteiger partial charge in [-0.1, -0.05) is 60.7 Å². The number of hydrogen-bond acceptors (Lipinski definition) is 6. The van der Waals surface area contributed by atoms with Gasteiger partial charge in [0.15, 0.2) is 5.13 Å². The second-order valence-electron chi connectivity index (χ2n) is 7.99. The van der Waals surface area contributed by atoms with Crippen molar-refractivity contribution in [2.24, 2.45) is 0 Å². The van der Waals surface area contributed by atoms with Crippen molar-refractivity contribution in [1.29, 1.82) is 0 Å². The van der Waals surface area contributed by atoms with E-state index < -0.39 is 0 Å².